The lowest BCUT2D eigenvalue weighted by Crippen LogP contribution is -2.19. The quantitative estimate of drug-likeness (QED) is 0.820. The Bertz CT molecular complexity index is 451. The summed E-state index contributed by atoms with van der Waals surface area (Å²) < 4.78 is 0. The molecule has 0 atom stereocenters. The maximum absolute atomic E-state index is 5.80. The summed E-state index contributed by atoms with van der Waals surface area (Å²) in [6.45, 7) is 5.01. The smallest absolute Gasteiger partial charge is 0.136 e. The summed E-state index contributed by atoms with van der Waals surface area (Å²) in [7, 11) is 0. The van der Waals surface area contributed by atoms with Crippen LogP contribution in [-0.4, -0.2) is 16.5 Å². The summed E-state index contributed by atoms with van der Waals surface area (Å²) in [6.07, 6.45) is 5.35. The predicted molar refractivity (Wildman–Crippen MR) is 80.0 cm³/mol. The molecule has 0 spiro atoms. The molecule has 1 aromatic rings. The summed E-state index contributed by atoms with van der Waals surface area (Å²) in [5, 5.41) is 3.44. The van der Waals surface area contributed by atoms with Crippen LogP contribution in [0.15, 0.2) is 6.07 Å². The van der Waals surface area contributed by atoms with Crippen LogP contribution in [0.3, 0.4) is 0 Å². The lowest BCUT2D eigenvalue weighted by molar-refractivity contribution is 0.579. The molecular formula is C14H21N3S. The molecule has 4 heteroatoms. The fraction of sp³-hybridized carbons (Fsp3) is 0.571. The van der Waals surface area contributed by atoms with Gasteiger partial charge in [0.05, 0.1) is 5.56 Å². The molecule has 2 rings (SSSR count). The Labute approximate surface area is 114 Å². The van der Waals surface area contributed by atoms with Crippen molar-refractivity contribution in [2.75, 3.05) is 11.9 Å². The van der Waals surface area contributed by atoms with E-state index in [1.807, 2.05) is 19.9 Å². The van der Waals surface area contributed by atoms with Crippen LogP contribution in [-0.2, 0) is 0 Å². The van der Waals surface area contributed by atoms with Gasteiger partial charge in [-0.2, -0.15) is 0 Å². The summed E-state index contributed by atoms with van der Waals surface area (Å²) in [5.74, 6) is 1.62. The van der Waals surface area contributed by atoms with E-state index >= 15 is 0 Å². The van der Waals surface area contributed by atoms with Crippen molar-refractivity contribution in [2.45, 2.75) is 39.5 Å². The Morgan fingerprint density at radius 1 is 1.44 bits per heavy atom. The second kappa shape index (κ2) is 5.65. The first-order valence-electron chi connectivity index (χ1n) is 6.60. The molecule has 0 bridgehead atoms. The topological polar surface area (TPSA) is 50.9 Å². The van der Waals surface area contributed by atoms with Crippen LogP contribution in [0.4, 0.5) is 5.82 Å². The minimum atomic E-state index is 0.425. The number of nitrogens with one attached hydrogen (secondary N) is 1. The molecule has 0 amide bonds. The normalized spacial score (nSPS) is 15.9. The highest BCUT2D eigenvalue weighted by Crippen LogP contribution is 2.26. The molecule has 1 aliphatic rings. The van der Waals surface area contributed by atoms with E-state index < -0.39 is 0 Å². The molecule has 0 unspecified atom stereocenters. The SMILES string of the molecule is Cc1cc(C)c(C(N)=S)c(NCC2CCCC2)n1. The number of rotatable bonds is 4. The number of aromatic nitrogens is 1. The Hall–Kier alpha value is -1.16. The van der Waals surface area contributed by atoms with E-state index in [4.69, 9.17) is 18.0 Å². The van der Waals surface area contributed by atoms with Gasteiger partial charge in [-0.25, -0.2) is 4.98 Å². The molecule has 98 valence electrons. The summed E-state index contributed by atoms with van der Waals surface area (Å²) in [6, 6.07) is 2.02. The molecular weight excluding hydrogens is 242 g/mol. The third-order valence-electron chi connectivity index (χ3n) is 3.62. The van der Waals surface area contributed by atoms with Crippen molar-refractivity contribution in [3.63, 3.8) is 0 Å². The van der Waals surface area contributed by atoms with Gasteiger partial charge in [0.1, 0.15) is 10.8 Å². The van der Waals surface area contributed by atoms with Crippen molar-refractivity contribution in [1.82, 2.24) is 4.98 Å². The maximum atomic E-state index is 5.80. The van der Waals surface area contributed by atoms with E-state index in [1.54, 1.807) is 0 Å². The molecule has 0 saturated heterocycles. The first kappa shape index (κ1) is 13.3. The van der Waals surface area contributed by atoms with Gasteiger partial charge in [0.2, 0.25) is 0 Å². The maximum Gasteiger partial charge on any atom is 0.136 e. The van der Waals surface area contributed by atoms with Crippen molar-refractivity contribution >= 4 is 23.0 Å². The fourth-order valence-corrected chi connectivity index (χ4v) is 2.99. The summed E-state index contributed by atoms with van der Waals surface area (Å²) in [4.78, 5) is 4.96. The van der Waals surface area contributed by atoms with Crippen LogP contribution in [0.1, 0.15) is 42.5 Å². The Morgan fingerprint density at radius 3 is 2.72 bits per heavy atom. The van der Waals surface area contributed by atoms with Crippen LogP contribution in [0.5, 0.6) is 0 Å². The number of thiocarbonyl (C=S) groups is 1. The highest BCUT2D eigenvalue weighted by Gasteiger charge is 2.17. The molecule has 1 aliphatic carbocycles. The predicted octanol–water partition coefficient (Wildman–Crippen LogP) is 2.93. The molecule has 1 aromatic heterocycles. The van der Waals surface area contributed by atoms with Crippen molar-refractivity contribution in [3.05, 3.63) is 22.9 Å². The zero-order valence-corrected chi connectivity index (χ0v) is 11.9. The van der Waals surface area contributed by atoms with Crippen molar-refractivity contribution in [3.8, 4) is 0 Å². The average molecular weight is 263 g/mol. The van der Waals surface area contributed by atoms with Crippen molar-refractivity contribution in [1.29, 1.82) is 0 Å². The Balaban J connectivity index is 2.16. The second-order valence-corrected chi connectivity index (χ2v) is 5.64. The zero-order valence-electron chi connectivity index (χ0n) is 11.1. The number of pyridine rings is 1. The third kappa shape index (κ3) is 2.99. The largest absolute Gasteiger partial charge is 0.389 e. The molecule has 18 heavy (non-hydrogen) atoms. The summed E-state index contributed by atoms with van der Waals surface area (Å²) in [5.41, 5.74) is 8.80. The third-order valence-corrected chi connectivity index (χ3v) is 3.83. The number of nitrogens with two attached hydrogens (primary N) is 1. The zero-order chi connectivity index (χ0) is 13.1. The van der Waals surface area contributed by atoms with Gasteiger partial charge in [-0.15, -0.1) is 0 Å². The van der Waals surface area contributed by atoms with Crippen LogP contribution in [0.2, 0.25) is 0 Å². The van der Waals surface area contributed by atoms with Crippen LogP contribution >= 0.6 is 12.2 Å². The Kier molecular flexibility index (Phi) is 4.17. The first-order valence-corrected chi connectivity index (χ1v) is 7.00. The van der Waals surface area contributed by atoms with Gasteiger partial charge in [0, 0.05) is 12.2 Å². The van der Waals surface area contributed by atoms with Crippen LogP contribution in [0.25, 0.3) is 0 Å². The van der Waals surface area contributed by atoms with Gasteiger partial charge in [-0.05, 0) is 44.2 Å². The van der Waals surface area contributed by atoms with Gasteiger partial charge >= 0.3 is 0 Å². The van der Waals surface area contributed by atoms with Gasteiger partial charge in [0.15, 0.2) is 0 Å². The number of hydrogen-bond acceptors (Lipinski definition) is 3. The molecule has 0 aromatic carbocycles. The number of aryl methyl sites for hydroxylation is 2. The minimum Gasteiger partial charge on any atom is -0.389 e. The second-order valence-electron chi connectivity index (χ2n) is 5.20. The Morgan fingerprint density at radius 2 is 2.11 bits per heavy atom. The lowest BCUT2D eigenvalue weighted by Gasteiger charge is -2.16. The first-order chi connectivity index (χ1) is 8.58. The van der Waals surface area contributed by atoms with Gasteiger partial charge in [-0.3, -0.25) is 0 Å². The van der Waals surface area contributed by atoms with Gasteiger partial charge in [0.25, 0.3) is 0 Å². The van der Waals surface area contributed by atoms with Gasteiger partial charge in [-0.1, -0.05) is 25.1 Å². The highest BCUT2D eigenvalue weighted by molar-refractivity contribution is 7.80. The van der Waals surface area contributed by atoms with E-state index in [0.29, 0.717) is 4.99 Å². The molecule has 1 heterocycles. The number of nitrogens with zero attached hydrogens (tertiary/aromatic N) is 1. The van der Waals surface area contributed by atoms with Crippen LogP contribution in [0, 0.1) is 19.8 Å². The fourth-order valence-electron chi connectivity index (χ4n) is 2.73. The van der Waals surface area contributed by atoms with Crippen molar-refractivity contribution in [2.24, 2.45) is 11.7 Å². The molecule has 0 aliphatic heterocycles. The minimum absolute atomic E-state index is 0.425. The molecule has 1 fully saturated rings. The average Bonchev–Trinajstić information content (AvgIpc) is 2.77. The standard InChI is InChI=1S/C14H21N3S/c1-9-7-10(2)17-14(12(9)13(15)18)16-8-11-5-3-4-6-11/h7,11H,3-6,8H2,1-2H3,(H2,15,18)(H,16,17). The van der Waals surface area contributed by atoms with Gasteiger partial charge < -0.3 is 11.1 Å². The number of hydrogen-bond donors (Lipinski definition) is 2. The van der Waals surface area contributed by atoms with Crippen LogP contribution < -0.4 is 11.1 Å². The van der Waals surface area contributed by atoms with E-state index in [0.717, 1.165) is 35.1 Å². The van der Waals surface area contributed by atoms with E-state index in [9.17, 15) is 0 Å². The highest BCUT2D eigenvalue weighted by atomic mass is 32.1. The molecule has 1 saturated carbocycles. The van der Waals surface area contributed by atoms with Crippen molar-refractivity contribution < 1.29 is 0 Å². The monoisotopic (exact) mass is 263 g/mol. The van der Waals surface area contributed by atoms with E-state index in [1.165, 1.54) is 25.7 Å². The number of anilines is 1. The lowest BCUT2D eigenvalue weighted by atomic mass is 10.1. The molecule has 3 N–H and O–H groups in total. The van der Waals surface area contributed by atoms with E-state index in [2.05, 4.69) is 10.3 Å². The van der Waals surface area contributed by atoms with E-state index in [-0.39, 0.29) is 0 Å². The molecule has 0 radical (unpaired) electrons. The molecule has 3 nitrogen and oxygen atoms in total. The summed E-state index contributed by atoms with van der Waals surface area (Å²) >= 11 is 5.13.